The summed E-state index contributed by atoms with van der Waals surface area (Å²) in [7, 11) is 4.18. The number of aromatic hydroxyl groups is 1. The molecule has 8 heteroatoms. The maximum Gasteiger partial charge on any atom is 0.345 e. The summed E-state index contributed by atoms with van der Waals surface area (Å²) in [5.74, 6) is -1.89. The summed E-state index contributed by atoms with van der Waals surface area (Å²) in [6.07, 6.45) is 1.52. The van der Waals surface area contributed by atoms with Crippen LogP contribution in [0.4, 0.5) is 5.69 Å². The van der Waals surface area contributed by atoms with Crippen LogP contribution in [-0.4, -0.2) is 59.3 Å². The van der Waals surface area contributed by atoms with Crippen molar-refractivity contribution in [1.29, 1.82) is 0 Å². The van der Waals surface area contributed by atoms with E-state index in [4.69, 9.17) is 5.11 Å². The fourth-order valence-electron chi connectivity index (χ4n) is 3.65. The van der Waals surface area contributed by atoms with Crippen LogP contribution in [0.2, 0.25) is 0 Å². The van der Waals surface area contributed by atoms with E-state index in [0.717, 1.165) is 30.8 Å². The van der Waals surface area contributed by atoms with E-state index in [2.05, 4.69) is 28.9 Å². The number of hydrogen-bond acceptors (Lipinski definition) is 5. The first kappa shape index (κ1) is 21.8. The zero-order valence-electron chi connectivity index (χ0n) is 16.2. The molecule has 1 saturated heterocycles. The number of benzene rings is 1. The highest BCUT2D eigenvalue weighted by Crippen LogP contribution is 2.31. The van der Waals surface area contributed by atoms with Crippen LogP contribution < -0.4 is 10.5 Å². The third kappa shape index (κ3) is 4.00. The number of hydrogen-bond donors (Lipinski definition) is 3. The zero-order chi connectivity index (χ0) is 19.7. The average molecular weight is 408 g/mol. The van der Waals surface area contributed by atoms with Crippen LogP contribution in [0, 0.1) is 0 Å². The van der Waals surface area contributed by atoms with Crippen molar-refractivity contribution in [2.75, 3.05) is 32.1 Å². The van der Waals surface area contributed by atoms with Crippen LogP contribution in [0.5, 0.6) is 5.75 Å². The fourth-order valence-corrected chi connectivity index (χ4v) is 3.65. The third-order valence-electron chi connectivity index (χ3n) is 5.27. The van der Waals surface area contributed by atoms with Gasteiger partial charge in [0.05, 0.1) is 5.69 Å². The van der Waals surface area contributed by atoms with Crippen molar-refractivity contribution in [1.82, 2.24) is 9.88 Å². The highest BCUT2D eigenvalue weighted by atomic mass is 35.5. The Hall–Kier alpha value is -2.51. The molecule has 0 spiro atoms. The number of carbonyl (C=O) groups is 1. The number of nitrogens with one attached hydrogen (secondary N) is 1. The largest absolute Gasteiger partial charge is 0.506 e. The van der Waals surface area contributed by atoms with Crippen molar-refractivity contribution in [3.63, 3.8) is 0 Å². The first-order chi connectivity index (χ1) is 12.8. The van der Waals surface area contributed by atoms with Gasteiger partial charge in [-0.05, 0) is 44.6 Å². The van der Waals surface area contributed by atoms with Crippen LogP contribution in [0.1, 0.15) is 29.3 Å². The predicted molar refractivity (Wildman–Crippen MR) is 112 cm³/mol. The van der Waals surface area contributed by atoms with Crippen molar-refractivity contribution in [2.45, 2.75) is 25.8 Å². The minimum atomic E-state index is -1.44. The number of aromatic nitrogens is 1. The Bertz CT molecular complexity index is 909. The minimum Gasteiger partial charge on any atom is -0.506 e. The summed E-state index contributed by atoms with van der Waals surface area (Å²) in [5, 5.41) is 19.4. The summed E-state index contributed by atoms with van der Waals surface area (Å²) >= 11 is 0. The van der Waals surface area contributed by atoms with E-state index in [1.54, 1.807) is 0 Å². The molecule has 0 saturated carbocycles. The predicted octanol–water partition coefficient (Wildman–Crippen LogP) is 2.57. The molecule has 3 N–H and O–H groups in total. The maximum absolute atomic E-state index is 12.1. The highest BCUT2D eigenvalue weighted by molar-refractivity contribution is 5.92. The molecule has 7 nitrogen and oxygen atoms in total. The van der Waals surface area contributed by atoms with Crippen LogP contribution in [0.25, 0.3) is 11.3 Å². The van der Waals surface area contributed by atoms with Gasteiger partial charge in [0.2, 0.25) is 0 Å². The molecule has 1 fully saturated rings. The van der Waals surface area contributed by atoms with E-state index in [0.29, 0.717) is 23.7 Å². The molecule has 1 aromatic carbocycles. The van der Waals surface area contributed by atoms with Crippen LogP contribution in [0.15, 0.2) is 29.1 Å². The van der Waals surface area contributed by atoms with Gasteiger partial charge >= 0.3 is 5.97 Å². The molecule has 0 bridgehead atoms. The molecule has 0 aliphatic carbocycles. The number of likely N-dealkylation sites (N-methyl/N-ethyl adjacent to an activating group) is 1. The monoisotopic (exact) mass is 407 g/mol. The molecular weight excluding hydrogens is 382 g/mol. The third-order valence-corrected chi connectivity index (χ3v) is 5.27. The number of nitrogens with zero attached hydrogens (tertiary/aromatic N) is 2. The van der Waals surface area contributed by atoms with Gasteiger partial charge in [-0.2, -0.15) is 0 Å². The Morgan fingerprint density at radius 1 is 1.29 bits per heavy atom. The standard InChI is InChI=1S/C20H25N3O4.ClH/c1-4-15-17(21-19(25)16(18(15)24)20(26)27)12-5-7-13(8-6-12)23-10-9-14(11-23)22(2)3;/h5-8,14H,4,9-11H2,1-3H3,(H,26,27)(H2,21,24,25);1H. The van der Waals surface area contributed by atoms with Crippen LogP contribution in [-0.2, 0) is 6.42 Å². The van der Waals surface area contributed by atoms with Crippen molar-refractivity contribution < 1.29 is 15.0 Å². The summed E-state index contributed by atoms with van der Waals surface area (Å²) in [4.78, 5) is 30.5. The number of pyridine rings is 1. The van der Waals surface area contributed by atoms with Gasteiger partial charge < -0.3 is 25.0 Å². The number of halogens is 1. The molecule has 1 aliphatic heterocycles. The molecule has 3 rings (SSSR count). The van der Waals surface area contributed by atoms with Crippen molar-refractivity contribution in [3.05, 3.63) is 45.7 Å². The number of carboxylic acid groups (broad SMARTS) is 1. The first-order valence-electron chi connectivity index (χ1n) is 9.06. The van der Waals surface area contributed by atoms with Gasteiger partial charge in [-0.3, -0.25) is 4.79 Å². The van der Waals surface area contributed by atoms with E-state index in [1.807, 2.05) is 31.2 Å². The van der Waals surface area contributed by atoms with Crippen LogP contribution in [0.3, 0.4) is 0 Å². The topological polar surface area (TPSA) is 96.9 Å². The highest BCUT2D eigenvalue weighted by Gasteiger charge is 2.25. The molecule has 0 radical (unpaired) electrons. The Kier molecular flexibility index (Phi) is 6.74. The minimum absolute atomic E-state index is 0. The summed E-state index contributed by atoms with van der Waals surface area (Å²) < 4.78 is 0. The number of rotatable bonds is 5. The normalized spacial score (nSPS) is 16.3. The van der Waals surface area contributed by atoms with Gasteiger partial charge in [0.1, 0.15) is 5.75 Å². The Morgan fingerprint density at radius 3 is 2.43 bits per heavy atom. The van der Waals surface area contributed by atoms with Gasteiger partial charge in [-0.1, -0.05) is 19.1 Å². The second kappa shape index (κ2) is 8.67. The number of H-pyrrole nitrogens is 1. The smallest absolute Gasteiger partial charge is 0.345 e. The molecular formula is C20H26ClN3O4. The van der Waals surface area contributed by atoms with E-state index in [1.165, 1.54) is 0 Å². The van der Waals surface area contributed by atoms with E-state index >= 15 is 0 Å². The van der Waals surface area contributed by atoms with Crippen molar-refractivity contribution in [3.8, 4) is 17.0 Å². The SMILES string of the molecule is CCc1c(-c2ccc(N3CCC(N(C)C)C3)cc2)[nH]c(=O)c(C(=O)O)c1O.Cl. The molecule has 1 unspecified atom stereocenters. The Labute approximate surface area is 170 Å². The lowest BCUT2D eigenvalue weighted by atomic mass is 10.0. The number of carboxylic acids is 1. The van der Waals surface area contributed by atoms with E-state index < -0.39 is 22.8 Å². The molecule has 1 aromatic heterocycles. The van der Waals surface area contributed by atoms with Crippen molar-refractivity contribution in [2.24, 2.45) is 0 Å². The molecule has 0 amide bonds. The summed E-state index contributed by atoms with van der Waals surface area (Å²) in [6.45, 7) is 3.77. The lowest BCUT2D eigenvalue weighted by molar-refractivity contribution is 0.0691. The summed E-state index contributed by atoms with van der Waals surface area (Å²) in [5.41, 5.74) is 1.32. The summed E-state index contributed by atoms with van der Waals surface area (Å²) in [6, 6.07) is 8.31. The average Bonchev–Trinajstić information content (AvgIpc) is 3.11. The Balaban J connectivity index is 0.00000280. The lowest BCUT2D eigenvalue weighted by Crippen LogP contribution is -2.31. The lowest BCUT2D eigenvalue weighted by Gasteiger charge is -2.22. The first-order valence-corrected chi connectivity index (χ1v) is 9.06. The van der Waals surface area contributed by atoms with Crippen molar-refractivity contribution >= 4 is 24.1 Å². The number of anilines is 1. The second-order valence-corrected chi connectivity index (χ2v) is 7.09. The van der Waals surface area contributed by atoms with E-state index in [9.17, 15) is 14.7 Å². The Morgan fingerprint density at radius 2 is 1.93 bits per heavy atom. The molecule has 2 aromatic rings. The number of aromatic carboxylic acids is 1. The van der Waals surface area contributed by atoms with Gasteiger partial charge in [0.25, 0.3) is 5.56 Å². The fraction of sp³-hybridized carbons (Fsp3) is 0.400. The number of aromatic amines is 1. The zero-order valence-corrected chi connectivity index (χ0v) is 17.0. The van der Waals surface area contributed by atoms with Gasteiger partial charge in [-0.15, -0.1) is 12.4 Å². The second-order valence-electron chi connectivity index (χ2n) is 7.09. The molecule has 152 valence electrons. The quantitative estimate of drug-likeness (QED) is 0.704. The van der Waals surface area contributed by atoms with E-state index in [-0.39, 0.29) is 12.4 Å². The maximum atomic E-state index is 12.1. The molecule has 1 aliphatic rings. The molecule has 28 heavy (non-hydrogen) atoms. The van der Waals surface area contributed by atoms with Gasteiger partial charge in [0.15, 0.2) is 5.56 Å². The van der Waals surface area contributed by atoms with Gasteiger partial charge in [-0.25, -0.2) is 4.79 Å². The van der Waals surface area contributed by atoms with Crippen LogP contribution >= 0.6 is 12.4 Å². The molecule has 1 atom stereocenters. The van der Waals surface area contributed by atoms with Gasteiger partial charge in [0, 0.05) is 30.4 Å². The molecule has 2 heterocycles.